The van der Waals surface area contributed by atoms with Gasteiger partial charge in [-0.1, -0.05) is 29.3 Å². The standard InChI is InChI=1S/C12H12Cl2N2O3/c1-3-4-10(17)19-7(2)12(18)16-11-9(14)5-8(13)6-15-11/h3-7H,1-2H3,(H,15,16,18)/b4-3+/t7-/m0/s1. The van der Waals surface area contributed by atoms with Crippen LogP contribution < -0.4 is 5.32 Å². The van der Waals surface area contributed by atoms with Crippen LogP contribution in [0.4, 0.5) is 5.82 Å². The van der Waals surface area contributed by atoms with Gasteiger partial charge >= 0.3 is 5.97 Å². The molecule has 0 aliphatic carbocycles. The normalized spacial score (nSPS) is 12.2. The van der Waals surface area contributed by atoms with Crippen LogP contribution in [-0.4, -0.2) is 23.0 Å². The summed E-state index contributed by atoms with van der Waals surface area (Å²) >= 11 is 11.5. The van der Waals surface area contributed by atoms with E-state index < -0.39 is 18.0 Å². The van der Waals surface area contributed by atoms with Crippen LogP contribution in [0.3, 0.4) is 0 Å². The van der Waals surface area contributed by atoms with Crippen molar-refractivity contribution in [1.82, 2.24) is 4.98 Å². The molecule has 0 unspecified atom stereocenters. The molecule has 19 heavy (non-hydrogen) atoms. The summed E-state index contributed by atoms with van der Waals surface area (Å²) in [5, 5.41) is 3.00. The molecule has 1 atom stereocenters. The van der Waals surface area contributed by atoms with Crippen LogP contribution >= 0.6 is 23.2 Å². The molecule has 0 aromatic carbocycles. The summed E-state index contributed by atoms with van der Waals surface area (Å²) in [6.45, 7) is 3.12. The molecule has 0 saturated heterocycles. The number of hydrogen-bond acceptors (Lipinski definition) is 4. The number of rotatable bonds is 4. The van der Waals surface area contributed by atoms with E-state index in [4.69, 9.17) is 27.9 Å². The van der Waals surface area contributed by atoms with Crippen molar-refractivity contribution < 1.29 is 14.3 Å². The molecular formula is C12H12Cl2N2O3. The third-order valence-electron chi connectivity index (χ3n) is 2.01. The molecule has 0 radical (unpaired) electrons. The van der Waals surface area contributed by atoms with Crippen molar-refractivity contribution >= 4 is 40.9 Å². The average Bonchev–Trinajstić information content (AvgIpc) is 2.32. The number of allylic oxidation sites excluding steroid dienone is 1. The van der Waals surface area contributed by atoms with Crippen molar-refractivity contribution in [2.45, 2.75) is 20.0 Å². The minimum absolute atomic E-state index is 0.157. The first kappa shape index (κ1) is 15.5. The smallest absolute Gasteiger partial charge is 0.331 e. The topological polar surface area (TPSA) is 68.3 Å². The molecule has 1 rings (SSSR count). The number of nitrogens with zero attached hydrogens (tertiary/aromatic N) is 1. The van der Waals surface area contributed by atoms with Crippen LogP contribution in [0, 0.1) is 0 Å². The number of carbonyl (C=O) groups is 2. The van der Waals surface area contributed by atoms with Crippen molar-refractivity contribution in [3.63, 3.8) is 0 Å². The highest BCUT2D eigenvalue weighted by molar-refractivity contribution is 6.36. The van der Waals surface area contributed by atoms with E-state index in [2.05, 4.69) is 10.3 Å². The number of hydrogen-bond donors (Lipinski definition) is 1. The highest BCUT2D eigenvalue weighted by Gasteiger charge is 2.18. The molecular weight excluding hydrogens is 291 g/mol. The number of halogens is 2. The van der Waals surface area contributed by atoms with Gasteiger partial charge in [0.25, 0.3) is 5.91 Å². The summed E-state index contributed by atoms with van der Waals surface area (Å²) in [6, 6.07) is 1.45. The van der Waals surface area contributed by atoms with Gasteiger partial charge in [0.15, 0.2) is 11.9 Å². The molecule has 0 fully saturated rings. The molecule has 1 heterocycles. The summed E-state index contributed by atoms with van der Waals surface area (Å²) in [4.78, 5) is 26.8. The summed E-state index contributed by atoms with van der Waals surface area (Å²) in [5.41, 5.74) is 0. The van der Waals surface area contributed by atoms with E-state index in [0.29, 0.717) is 5.02 Å². The van der Waals surface area contributed by atoms with Crippen LogP contribution in [-0.2, 0) is 14.3 Å². The number of nitrogens with one attached hydrogen (secondary N) is 1. The molecule has 0 bridgehead atoms. The molecule has 1 amide bonds. The lowest BCUT2D eigenvalue weighted by Gasteiger charge is -2.12. The second-order valence-corrected chi connectivity index (χ2v) is 4.40. The monoisotopic (exact) mass is 302 g/mol. The van der Waals surface area contributed by atoms with E-state index in [1.54, 1.807) is 6.92 Å². The summed E-state index contributed by atoms with van der Waals surface area (Å²) in [5.74, 6) is -0.972. The highest BCUT2D eigenvalue weighted by atomic mass is 35.5. The lowest BCUT2D eigenvalue weighted by molar-refractivity contribution is -0.148. The van der Waals surface area contributed by atoms with Gasteiger partial charge in [-0.2, -0.15) is 0 Å². The first-order valence-corrected chi connectivity index (χ1v) is 6.15. The molecule has 102 valence electrons. The highest BCUT2D eigenvalue weighted by Crippen LogP contribution is 2.22. The van der Waals surface area contributed by atoms with Crippen molar-refractivity contribution in [2.75, 3.05) is 5.32 Å². The lowest BCUT2D eigenvalue weighted by atomic mass is 10.3. The Kier molecular flexibility index (Phi) is 5.79. The lowest BCUT2D eigenvalue weighted by Crippen LogP contribution is -2.29. The Hall–Kier alpha value is -1.59. The first-order valence-electron chi connectivity index (χ1n) is 5.39. The maximum Gasteiger partial charge on any atom is 0.331 e. The Labute approximate surface area is 120 Å². The van der Waals surface area contributed by atoms with Crippen molar-refractivity contribution in [1.29, 1.82) is 0 Å². The summed E-state index contributed by atoms with van der Waals surface area (Å²) in [6.07, 6.45) is 3.12. The van der Waals surface area contributed by atoms with Crippen LogP contribution in [0.2, 0.25) is 10.0 Å². The van der Waals surface area contributed by atoms with E-state index in [1.807, 2.05) is 0 Å². The predicted molar refractivity (Wildman–Crippen MR) is 73.3 cm³/mol. The van der Waals surface area contributed by atoms with E-state index in [-0.39, 0.29) is 10.8 Å². The Balaban J connectivity index is 2.66. The van der Waals surface area contributed by atoms with Gasteiger partial charge in [-0.25, -0.2) is 9.78 Å². The Morgan fingerprint density at radius 1 is 1.47 bits per heavy atom. The fourth-order valence-electron chi connectivity index (χ4n) is 1.13. The molecule has 7 heteroatoms. The molecule has 1 aromatic heterocycles. The maximum absolute atomic E-state index is 11.7. The van der Waals surface area contributed by atoms with Crippen LogP contribution in [0.5, 0.6) is 0 Å². The van der Waals surface area contributed by atoms with E-state index in [9.17, 15) is 9.59 Å². The number of aromatic nitrogens is 1. The predicted octanol–water partition coefficient (Wildman–Crippen LogP) is 2.83. The Morgan fingerprint density at radius 2 is 2.16 bits per heavy atom. The molecule has 0 spiro atoms. The molecule has 1 aromatic rings. The largest absolute Gasteiger partial charge is 0.449 e. The molecule has 5 nitrogen and oxygen atoms in total. The van der Waals surface area contributed by atoms with Gasteiger partial charge in [-0.15, -0.1) is 0 Å². The second-order valence-electron chi connectivity index (χ2n) is 3.55. The van der Waals surface area contributed by atoms with Gasteiger partial charge in [0.2, 0.25) is 0 Å². The fourth-order valence-corrected chi connectivity index (χ4v) is 1.56. The second kappa shape index (κ2) is 7.11. The van der Waals surface area contributed by atoms with Gasteiger partial charge in [-0.3, -0.25) is 4.79 Å². The van der Waals surface area contributed by atoms with Gasteiger partial charge in [-0.05, 0) is 19.9 Å². The fraction of sp³-hybridized carbons (Fsp3) is 0.250. The number of esters is 1. The zero-order valence-electron chi connectivity index (χ0n) is 10.3. The minimum Gasteiger partial charge on any atom is -0.449 e. The van der Waals surface area contributed by atoms with Crippen LogP contribution in [0.1, 0.15) is 13.8 Å². The Bertz CT molecular complexity index is 518. The number of carbonyl (C=O) groups excluding carboxylic acids is 2. The van der Waals surface area contributed by atoms with Crippen molar-refractivity contribution in [3.8, 4) is 0 Å². The van der Waals surface area contributed by atoms with Gasteiger partial charge < -0.3 is 10.1 Å². The number of pyridine rings is 1. The SMILES string of the molecule is C/C=C/C(=O)O[C@@H](C)C(=O)Nc1ncc(Cl)cc1Cl. The van der Waals surface area contributed by atoms with E-state index in [1.165, 1.54) is 31.3 Å². The van der Waals surface area contributed by atoms with Gasteiger partial charge in [0, 0.05) is 12.3 Å². The molecule has 0 aliphatic rings. The van der Waals surface area contributed by atoms with Crippen LogP contribution in [0.15, 0.2) is 24.4 Å². The number of amides is 1. The van der Waals surface area contributed by atoms with E-state index in [0.717, 1.165) is 0 Å². The number of anilines is 1. The van der Waals surface area contributed by atoms with Crippen LogP contribution in [0.25, 0.3) is 0 Å². The zero-order valence-corrected chi connectivity index (χ0v) is 11.8. The Morgan fingerprint density at radius 3 is 2.74 bits per heavy atom. The zero-order chi connectivity index (χ0) is 14.4. The maximum atomic E-state index is 11.7. The summed E-state index contributed by atoms with van der Waals surface area (Å²) < 4.78 is 4.85. The number of ether oxygens (including phenoxy) is 1. The average molecular weight is 303 g/mol. The van der Waals surface area contributed by atoms with Gasteiger partial charge in [0.1, 0.15) is 0 Å². The van der Waals surface area contributed by atoms with Gasteiger partial charge in [0.05, 0.1) is 10.0 Å². The molecule has 1 N–H and O–H groups in total. The minimum atomic E-state index is -0.961. The third-order valence-corrected chi connectivity index (χ3v) is 2.51. The third kappa shape index (κ3) is 4.89. The van der Waals surface area contributed by atoms with Crippen molar-refractivity contribution in [3.05, 3.63) is 34.5 Å². The van der Waals surface area contributed by atoms with Crippen molar-refractivity contribution in [2.24, 2.45) is 0 Å². The molecule has 0 saturated carbocycles. The summed E-state index contributed by atoms with van der Waals surface area (Å²) in [7, 11) is 0. The quantitative estimate of drug-likeness (QED) is 0.686. The van der Waals surface area contributed by atoms with E-state index >= 15 is 0 Å². The molecule has 0 aliphatic heterocycles. The first-order chi connectivity index (χ1) is 8.93.